The van der Waals surface area contributed by atoms with Crippen LogP contribution in [0.2, 0.25) is 0 Å². The van der Waals surface area contributed by atoms with E-state index in [2.05, 4.69) is 60.1 Å². The Kier molecular flexibility index (Phi) is 14.1. The van der Waals surface area contributed by atoms with Gasteiger partial charge in [-0.1, -0.05) is 86.8 Å². The first-order valence-electron chi connectivity index (χ1n) is 36.7. The van der Waals surface area contributed by atoms with E-state index in [1.165, 1.54) is 16.7 Å². The van der Waals surface area contributed by atoms with Gasteiger partial charge in [-0.25, -0.2) is 0 Å². The van der Waals surface area contributed by atoms with Gasteiger partial charge in [0.05, 0.1) is 88.3 Å². The molecule has 10 fully saturated rings. The molecule has 19 aliphatic rings. The lowest BCUT2D eigenvalue weighted by atomic mass is 9.23. The second-order valence-electron chi connectivity index (χ2n) is 33.6. The maximum atomic E-state index is 18.1. The third-order valence-electron chi connectivity index (χ3n) is 30.5. The van der Waals surface area contributed by atoms with E-state index in [-0.39, 0.29) is 105 Å². The first-order chi connectivity index (χ1) is 43.6. The molecule has 0 aromatic carbocycles. The summed E-state index contributed by atoms with van der Waals surface area (Å²) in [4.78, 5) is 18.1. The number of ether oxygens (including phenoxy) is 2. The maximum Gasteiger partial charge on any atom is 0.189 e. The van der Waals surface area contributed by atoms with Crippen LogP contribution < -0.4 is 16.4 Å². The summed E-state index contributed by atoms with van der Waals surface area (Å²) in [5.41, 5.74) is -2.14. The summed E-state index contributed by atoms with van der Waals surface area (Å²) >= 11 is 0. The lowest BCUT2D eigenvalue weighted by Gasteiger charge is -2.80. The highest BCUT2D eigenvalue weighted by atomic mass is 16.5. The Morgan fingerprint density at radius 3 is 2.51 bits per heavy atom. The number of nitrogens with two attached hydrogens (primary N) is 1. The van der Waals surface area contributed by atoms with E-state index < -0.39 is 110 Å². The number of aliphatic hydroxyl groups is 9. The molecule has 0 amide bonds. The van der Waals surface area contributed by atoms with Crippen molar-refractivity contribution in [2.45, 2.75) is 259 Å². The zero-order valence-corrected chi connectivity index (χ0v) is 54.2. The van der Waals surface area contributed by atoms with Gasteiger partial charge >= 0.3 is 0 Å². The van der Waals surface area contributed by atoms with Gasteiger partial charge in [-0.2, -0.15) is 0 Å². The first kappa shape index (κ1) is 61.3. The SMILES string of the molecule is CCCC1CCC2OC3C(C(O)CCCC3(O)C(C)(O)C3CCC4(O)C5=C(NCC(C)O)C(=O)C67C=CC8C9=C%10C(=CC9)C9CCCC9OC%10CC9CCC(CC98)C34CC3(O)C=CC4(C8=C(CCCO)NC(N)C=C8)C=CC53C63CC(O)C(O)C7CCC43)C2CC1. The molecule has 15 heteroatoms. The minimum atomic E-state index is -2.02. The molecule has 19 rings (SSSR count). The molecule has 4 spiro atoms. The van der Waals surface area contributed by atoms with Crippen molar-refractivity contribution in [2.24, 2.45) is 97.9 Å². The molecule has 0 aromatic heterocycles. The summed E-state index contributed by atoms with van der Waals surface area (Å²) in [6.45, 7) is 5.60. The van der Waals surface area contributed by atoms with Crippen LogP contribution in [0.4, 0.5) is 0 Å². The van der Waals surface area contributed by atoms with Crippen molar-refractivity contribution in [2.75, 3.05) is 13.2 Å². The van der Waals surface area contributed by atoms with Crippen LogP contribution in [0.15, 0.2) is 93.9 Å². The van der Waals surface area contributed by atoms with Crippen LogP contribution in [0, 0.1) is 92.2 Å². The molecule has 16 aliphatic carbocycles. The number of hydrogen-bond donors (Lipinski definition) is 12. The smallest absolute Gasteiger partial charge is 0.189 e. The van der Waals surface area contributed by atoms with E-state index >= 15 is 15.0 Å². The van der Waals surface area contributed by atoms with Crippen molar-refractivity contribution in [3.8, 4) is 0 Å². The largest absolute Gasteiger partial charge is 0.396 e. The molecule has 29 atom stereocenters. The number of carbonyl (C=O) groups is 1. The topological polar surface area (TPSA) is 268 Å². The van der Waals surface area contributed by atoms with Crippen molar-refractivity contribution < 1.29 is 60.2 Å². The normalized spacial score (nSPS) is 53.4. The van der Waals surface area contributed by atoms with E-state index in [0.717, 1.165) is 88.3 Å². The number of Topliss-reactive ketones (excluding diaryl/α,β-unsaturated/α-hetero) is 1. The standard InChI is InChI=1S/C76H105N3O12/c1-4-8-41-13-17-48-56(22-14-41)91-67-62(48)53(82)11-6-27-76(67,89)68(3,86)58-26-29-75(88)65-63(78-38-40(2)81)66(85)71-28-25-44-46-18-19-47-45-9-5-12-55(45)90-57(61(46)47)35-42-15-16-43(36-49(42)44)72(58,75)39-70(87)32-30-69(50-21-24-60(77)79-52(50)10-7-34-80)31-33-73(65,70)74(71)37-54(83)64(84)51(71)20-23-59(69)74/h19,21,24-25,28,30-33,40-45,48-49,51,53-60,62,64,67,78-84,86-89H,4-18,20,22-23,26-27,29,34-39,77H2,1-3H3. The van der Waals surface area contributed by atoms with E-state index in [4.69, 9.17) is 15.2 Å². The molecule has 13 N–H and O–H groups in total. The predicted molar refractivity (Wildman–Crippen MR) is 341 cm³/mol. The lowest BCUT2D eigenvalue weighted by molar-refractivity contribution is -0.309. The highest BCUT2D eigenvalue weighted by Gasteiger charge is 2.91. The summed E-state index contributed by atoms with van der Waals surface area (Å²) in [5.74, 6) is -2.58. The average molecular weight is 1250 g/mol. The van der Waals surface area contributed by atoms with E-state index in [1.54, 1.807) is 13.8 Å². The zero-order chi connectivity index (χ0) is 63.0. The summed E-state index contributed by atoms with van der Waals surface area (Å²) < 4.78 is 14.8. The van der Waals surface area contributed by atoms with Gasteiger partial charge in [-0.3, -0.25) is 4.79 Å². The van der Waals surface area contributed by atoms with Crippen LogP contribution in [-0.4, -0.2) is 142 Å². The van der Waals surface area contributed by atoms with Crippen LogP contribution in [-0.2, 0) is 14.3 Å². The number of allylic oxidation sites excluding steroid dienone is 10. The Labute approximate surface area is 537 Å². The molecule has 15 nitrogen and oxygen atoms in total. The second kappa shape index (κ2) is 20.9. The van der Waals surface area contributed by atoms with Gasteiger partial charge in [0, 0.05) is 64.3 Å². The van der Waals surface area contributed by atoms with Gasteiger partial charge in [-0.15, -0.1) is 0 Å². The van der Waals surface area contributed by atoms with Gasteiger partial charge in [0.15, 0.2) is 5.78 Å². The monoisotopic (exact) mass is 1250 g/mol. The summed E-state index contributed by atoms with van der Waals surface area (Å²) in [5, 5.41) is 129. The van der Waals surface area contributed by atoms with Gasteiger partial charge < -0.3 is 71.8 Å². The molecule has 0 radical (unpaired) electrons. The number of aliphatic hydroxyl groups excluding tert-OH is 5. The van der Waals surface area contributed by atoms with Crippen molar-refractivity contribution in [3.05, 3.63) is 93.9 Å². The van der Waals surface area contributed by atoms with E-state index in [0.29, 0.717) is 68.8 Å². The first-order valence-corrected chi connectivity index (χ1v) is 36.7. The van der Waals surface area contributed by atoms with Gasteiger partial charge in [0.1, 0.15) is 5.60 Å². The number of hydrogen-bond acceptors (Lipinski definition) is 15. The minimum Gasteiger partial charge on any atom is -0.396 e. The maximum absolute atomic E-state index is 18.1. The van der Waals surface area contributed by atoms with Crippen LogP contribution in [0.5, 0.6) is 0 Å². The Balaban J connectivity index is 0.957. The number of dihydropyridines is 1. The van der Waals surface area contributed by atoms with Crippen molar-refractivity contribution >= 4 is 5.78 Å². The predicted octanol–water partition coefficient (Wildman–Crippen LogP) is 7.60. The summed E-state index contributed by atoms with van der Waals surface area (Å²) in [6.07, 6.45) is 29.7. The highest BCUT2D eigenvalue weighted by Crippen LogP contribution is 2.88. The molecule has 29 unspecified atom stereocenters. The van der Waals surface area contributed by atoms with Crippen LogP contribution in [0.25, 0.3) is 0 Å². The molecule has 3 heterocycles. The Morgan fingerprint density at radius 1 is 0.868 bits per heavy atom. The average Bonchev–Trinajstić information content (AvgIpc) is 1.61. The van der Waals surface area contributed by atoms with Gasteiger partial charge in [-0.05, 0) is 213 Å². The quantitative estimate of drug-likeness (QED) is 0.0889. The molecule has 496 valence electrons. The molecule has 3 aliphatic heterocycles. The minimum absolute atomic E-state index is 0.00637. The number of fused-ring (bicyclic) bond motifs is 6. The molecular weight excluding hydrogens is 1150 g/mol. The van der Waals surface area contributed by atoms with Crippen molar-refractivity contribution in [1.82, 2.24) is 10.6 Å². The van der Waals surface area contributed by atoms with Crippen LogP contribution in [0.3, 0.4) is 0 Å². The Hall–Kier alpha value is -3.29. The third kappa shape index (κ3) is 7.52. The Bertz CT molecular complexity index is 3290. The van der Waals surface area contributed by atoms with E-state index in [1.807, 2.05) is 12.2 Å². The number of rotatable bonds is 11. The zero-order valence-electron chi connectivity index (χ0n) is 54.2. The summed E-state index contributed by atoms with van der Waals surface area (Å²) in [6, 6.07) is 0. The van der Waals surface area contributed by atoms with E-state index in [9.17, 15) is 35.7 Å². The van der Waals surface area contributed by atoms with Crippen molar-refractivity contribution in [1.29, 1.82) is 0 Å². The fraction of sp³-hybridized carbons (Fsp3) is 0.776. The number of ketones is 1. The highest BCUT2D eigenvalue weighted by molar-refractivity contribution is 6.05. The summed E-state index contributed by atoms with van der Waals surface area (Å²) in [7, 11) is 0. The fourth-order valence-corrected chi connectivity index (χ4v) is 27.4. The van der Waals surface area contributed by atoms with Crippen LogP contribution >= 0.6 is 0 Å². The van der Waals surface area contributed by atoms with Crippen molar-refractivity contribution in [3.63, 3.8) is 0 Å². The fourth-order valence-electron chi connectivity index (χ4n) is 27.4. The molecule has 10 bridgehead atoms. The van der Waals surface area contributed by atoms with Gasteiger partial charge in [0.2, 0.25) is 0 Å². The number of carbonyl (C=O) groups excluding carboxylic acids is 1. The Morgan fingerprint density at radius 2 is 1.69 bits per heavy atom. The molecular formula is C76H105N3O12. The van der Waals surface area contributed by atoms with Gasteiger partial charge in [0.25, 0.3) is 0 Å². The molecule has 0 aromatic rings. The number of nitrogens with one attached hydrogen (secondary N) is 2. The second-order valence-corrected chi connectivity index (χ2v) is 33.6. The lowest BCUT2D eigenvalue weighted by Crippen LogP contribution is -2.84. The van der Waals surface area contributed by atoms with Crippen LogP contribution in [0.1, 0.15) is 181 Å². The molecule has 2 saturated heterocycles. The third-order valence-corrected chi connectivity index (χ3v) is 30.5. The molecule has 91 heavy (non-hydrogen) atoms. The molecule has 8 saturated carbocycles.